The molecule has 26 heavy (non-hydrogen) atoms. The minimum atomic E-state index is -0.589. The van der Waals surface area contributed by atoms with E-state index in [4.69, 9.17) is 9.47 Å². The number of rotatable bonds is 5. The summed E-state index contributed by atoms with van der Waals surface area (Å²) in [5.74, 6) is -0.600. The molecule has 0 spiro atoms. The first-order valence-electron chi connectivity index (χ1n) is 8.25. The Morgan fingerprint density at radius 1 is 1.35 bits per heavy atom. The van der Waals surface area contributed by atoms with Gasteiger partial charge in [-0.3, -0.25) is 5.10 Å². The van der Waals surface area contributed by atoms with Gasteiger partial charge in [0, 0.05) is 5.56 Å². The van der Waals surface area contributed by atoms with Gasteiger partial charge in [0.1, 0.15) is 11.6 Å². The summed E-state index contributed by atoms with van der Waals surface area (Å²) in [6.07, 6.45) is 4.42. The van der Waals surface area contributed by atoms with E-state index >= 15 is 0 Å². The van der Waals surface area contributed by atoms with Crippen LogP contribution in [0.1, 0.15) is 54.5 Å². The van der Waals surface area contributed by atoms with E-state index in [1.807, 2.05) is 0 Å². The maximum absolute atomic E-state index is 14.2. The Balaban J connectivity index is 0.00000105. The van der Waals surface area contributed by atoms with Crippen LogP contribution in [0.2, 0.25) is 0 Å². The van der Waals surface area contributed by atoms with Crippen LogP contribution in [0.4, 0.5) is 4.39 Å². The summed E-state index contributed by atoms with van der Waals surface area (Å²) >= 11 is 0. The summed E-state index contributed by atoms with van der Waals surface area (Å²) in [6.45, 7) is 9.64. The van der Waals surface area contributed by atoms with Gasteiger partial charge in [0.15, 0.2) is 5.69 Å². The van der Waals surface area contributed by atoms with Crippen molar-refractivity contribution in [1.29, 1.82) is 0 Å². The molecule has 0 radical (unpaired) electrons. The van der Waals surface area contributed by atoms with E-state index in [2.05, 4.69) is 30.6 Å². The van der Waals surface area contributed by atoms with Gasteiger partial charge in [-0.15, -0.1) is 0 Å². The van der Waals surface area contributed by atoms with Crippen molar-refractivity contribution in [3.05, 3.63) is 53.1 Å². The van der Waals surface area contributed by atoms with Crippen molar-refractivity contribution in [2.24, 2.45) is 0 Å². The van der Waals surface area contributed by atoms with Crippen molar-refractivity contribution in [3.8, 4) is 5.75 Å². The first-order chi connectivity index (χ1) is 12.4. The molecule has 0 aliphatic carbocycles. The van der Waals surface area contributed by atoms with Crippen LogP contribution in [0.5, 0.6) is 5.75 Å². The largest absolute Gasteiger partial charge is 0.496 e. The van der Waals surface area contributed by atoms with Gasteiger partial charge in [-0.25, -0.2) is 9.18 Å². The number of nitrogens with one attached hydrogen (secondary N) is 1. The van der Waals surface area contributed by atoms with E-state index in [-0.39, 0.29) is 5.69 Å². The zero-order valence-corrected chi connectivity index (χ0v) is 15.9. The van der Waals surface area contributed by atoms with Crippen molar-refractivity contribution >= 4 is 23.7 Å². The predicted octanol–water partition coefficient (Wildman–Crippen LogP) is 4.96. The number of benzene rings is 1. The Morgan fingerprint density at radius 3 is 2.54 bits per heavy atom. The topological polar surface area (TPSA) is 64.2 Å². The maximum atomic E-state index is 14.2. The van der Waals surface area contributed by atoms with Crippen LogP contribution in [0.3, 0.4) is 0 Å². The highest BCUT2D eigenvalue weighted by Crippen LogP contribution is 2.31. The maximum Gasteiger partial charge on any atom is 0.359 e. The molecule has 1 N–H and O–H groups in total. The second-order valence-electron chi connectivity index (χ2n) is 5.45. The molecule has 0 amide bonds. The molecule has 1 aromatic carbocycles. The van der Waals surface area contributed by atoms with E-state index in [9.17, 15) is 9.18 Å². The summed E-state index contributed by atoms with van der Waals surface area (Å²) in [5, 5.41) is 6.63. The summed E-state index contributed by atoms with van der Waals surface area (Å²) in [6, 6.07) is 4.58. The van der Waals surface area contributed by atoms with E-state index in [1.54, 1.807) is 25.1 Å². The molecule has 0 aliphatic rings. The number of allylic oxidation sites excluding steroid dienone is 1. The molecule has 2 rings (SSSR count). The summed E-state index contributed by atoms with van der Waals surface area (Å²) in [5.41, 5.74) is 2.03. The number of nitrogens with zero attached hydrogens (tertiary/aromatic N) is 1. The minimum absolute atomic E-state index is 0.108. The van der Waals surface area contributed by atoms with Crippen molar-refractivity contribution in [2.45, 2.75) is 27.2 Å². The fourth-order valence-corrected chi connectivity index (χ4v) is 2.26. The Kier molecular flexibility index (Phi) is 8.28. The Labute approximate surface area is 153 Å². The molecule has 1 aromatic heterocycles. The van der Waals surface area contributed by atoms with Gasteiger partial charge in [0.05, 0.1) is 25.5 Å². The third-order valence-corrected chi connectivity index (χ3v) is 3.37. The van der Waals surface area contributed by atoms with Crippen LogP contribution in [-0.2, 0) is 4.74 Å². The van der Waals surface area contributed by atoms with Gasteiger partial charge in [0.25, 0.3) is 0 Å². The van der Waals surface area contributed by atoms with Crippen LogP contribution in [0, 0.1) is 5.82 Å². The van der Waals surface area contributed by atoms with E-state index in [0.717, 1.165) is 0 Å². The molecule has 0 unspecified atom stereocenters. The highest BCUT2D eigenvalue weighted by molar-refractivity contribution is 5.96. The zero-order chi connectivity index (χ0) is 19.7. The first-order valence-corrected chi connectivity index (χ1v) is 8.25. The lowest BCUT2D eigenvalue weighted by Crippen LogP contribution is -2.04. The van der Waals surface area contributed by atoms with Crippen molar-refractivity contribution < 1.29 is 18.7 Å². The molecular formula is C20H25FN2O3. The molecule has 5 nitrogen and oxygen atoms in total. The number of H-pyrrole nitrogens is 1. The lowest BCUT2D eigenvalue weighted by molar-refractivity contribution is 0.0594. The third kappa shape index (κ3) is 4.81. The summed E-state index contributed by atoms with van der Waals surface area (Å²) < 4.78 is 24.1. The molecule has 0 aliphatic heterocycles. The lowest BCUT2D eigenvalue weighted by atomic mass is 10.0. The zero-order valence-electron chi connectivity index (χ0n) is 15.9. The fraction of sp³-hybridized carbons (Fsp3) is 0.300. The molecule has 140 valence electrons. The fourth-order valence-electron chi connectivity index (χ4n) is 2.26. The lowest BCUT2D eigenvalue weighted by Gasteiger charge is -2.10. The van der Waals surface area contributed by atoms with Gasteiger partial charge in [-0.1, -0.05) is 32.9 Å². The second kappa shape index (κ2) is 10.2. The standard InChI is InChI=1S/C17H17FN2O3.C3H8/c1-5-13-11(16(20-19-13)17(21)23-4)9-10(2)15-12(18)7-6-8-14(15)22-3;1-3-2/h5-9H,1H2,2-4H3,(H,19,20);3H2,1-2H3/b10-9+;. The molecule has 0 saturated heterocycles. The normalized spacial score (nSPS) is 10.6. The number of hydrogen-bond acceptors (Lipinski definition) is 4. The molecular weight excluding hydrogens is 335 g/mol. The second-order valence-corrected chi connectivity index (χ2v) is 5.45. The molecule has 0 atom stereocenters. The molecule has 2 aromatic rings. The summed E-state index contributed by atoms with van der Waals surface area (Å²) in [7, 11) is 2.74. The van der Waals surface area contributed by atoms with Gasteiger partial charge >= 0.3 is 5.97 Å². The van der Waals surface area contributed by atoms with Crippen molar-refractivity contribution in [3.63, 3.8) is 0 Å². The molecule has 1 heterocycles. The third-order valence-electron chi connectivity index (χ3n) is 3.37. The van der Waals surface area contributed by atoms with Gasteiger partial charge < -0.3 is 9.47 Å². The number of hydrogen-bond donors (Lipinski definition) is 1. The quantitative estimate of drug-likeness (QED) is 0.765. The number of esters is 1. The number of aromatic nitrogens is 2. The number of halogens is 1. The van der Waals surface area contributed by atoms with E-state index < -0.39 is 11.8 Å². The van der Waals surface area contributed by atoms with E-state index in [1.165, 1.54) is 32.8 Å². The van der Waals surface area contributed by atoms with Crippen LogP contribution < -0.4 is 4.74 Å². The molecule has 0 saturated carbocycles. The van der Waals surface area contributed by atoms with Crippen LogP contribution in [0.25, 0.3) is 17.7 Å². The average molecular weight is 360 g/mol. The molecule has 6 heteroatoms. The number of ether oxygens (including phenoxy) is 2. The number of aromatic amines is 1. The van der Waals surface area contributed by atoms with Crippen molar-refractivity contribution in [2.75, 3.05) is 14.2 Å². The smallest absolute Gasteiger partial charge is 0.359 e. The van der Waals surface area contributed by atoms with Crippen LogP contribution in [-0.4, -0.2) is 30.4 Å². The Hall–Kier alpha value is -2.89. The number of methoxy groups -OCH3 is 2. The first kappa shape index (κ1) is 21.2. The summed E-state index contributed by atoms with van der Waals surface area (Å²) in [4.78, 5) is 11.8. The van der Waals surface area contributed by atoms with Crippen LogP contribution >= 0.6 is 0 Å². The predicted molar refractivity (Wildman–Crippen MR) is 102 cm³/mol. The Morgan fingerprint density at radius 2 is 2.00 bits per heavy atom. The Bertz CT molecular complexity index is 794. The van der Waals surface area contributed by atoms with Gasteiger partial charge in [0.2, 0.25) is 0 Å². The average Bonchev–Trinajstić information content (AvgIpc) is 3.03. The number of carbonyl (C=O) groups is 1. The van der Waals surface area contributed by atoms with Crippen molar-refractivity contribution in [1.82, 2.24) is 10.2 Å². The highest BCUT2D eigenvalue weighted by atomic mass is 19.1. The monoisotopic (exact) mass is 360 g/mol. The number of carbonyl (C=O) groups excluding carboxylic acids is 1. The van der Waals surface area contributed by atoms with E-state index in [0.29, 0.717) is 28.1 Å². The highest BCUT2D eigenvalue weighted by Gasteiger charge is 2.19. The van der Waals surface area contributed by atoms with Gasteiger partial charge in [-0.2, -0.15) is 5.10 Å². The van der Waals surface area contributed by atoms with Gasteiger partial charge in [-0.05, 0) is 36.8 Å². The minimum Gasteiger partial charge on any atom is -0.496 e. The molecule has 0 fully saturated rings. The molecule has 0 bridgehead atoms. The van der Waals surface area contributed by atoms with Crippen LogP contribution in [0.15, 0.2) is 24.8 Å². The SMILES string of the molecule is C=Cc1[nH]nc(C(=O)OC)c1/C=C(\C)c1c(F)cccc1OC.CCC.